The highest BCUT2D eigenvalue weighted by atomic mass is 79.9. The first-order valence-electron chi connectivity index (χ1n) is 8.06. The molecule has 2 aromatic rings. The molecule has 2 unspecified atom stereocenters. The largest absolute Gasteiger partial charge is 0.336 e. The summed E-state index contributed by atoms with van der Waals surface area (Å²) in [7, 11) is 0. The van der Waals surface area contributed by atoms with E-state index >= 15 is 0 Å². The molecule has 5 nitrogen and oxygen atoms in total. The van der Waals surface area contributed by atoms with E-state index < -0.39 is 0 Å². The Morgan fingerprint density at radius 3 is 2.96 bits per heavy atom. The zero-order valence-corrected chi connectivity index (χ0v) is 14.4. The lowest BCUT2D eigenvalue weighted by molar-refractivity contribution is 0.0742. The number of likely N-dealkylation sites (tertiary alicyclic amines) is 1. The Morgan fingerprint density at radius 1 is 1.22 bits per heavy atom. The van der Waals surface area contributed by atoms with Gasteiger partial charge in [-0.2, -0.15) is 5.10 Å². The van der Waals surface area contributed by atoms with Crippen molar-refractivity contribution in [2.75, 3.05) is 13.1 Å². The van der Waals surface area contributed by atoms with Crippen molar-refractivity contribution in [2.24, 2.45) is 0 Å². The Balaban J connectivity index is 1.53. The minimum Gasteiger partial charge on any atom is -0.336 e. The molecular formula is C17H19BrN4O. The maximum atomic E-state index is 12.8. The van der Waals surface area contributed by atoms with E-state index in [-0.39, 0.29) is 5.91 Å². The van der Waals surface area contributed by atoms with Crippen LogP contribution >= 0.6 is 15.9 Å². The van der Waals surface area contributed by atoms with Crippen LogP contribution in [0.4, 0.5) is 0 Å². The van der Waals surface area contributed by atoms with E-state index in [0.717, 1.165) is 29.7 Å². The number of nitrogens with one attached hydrogen (secondary N) is 1. The lowest BCUT2D eigenvalue weighted by atomic mass is 10.1. The second-order valence-corrected chi connectivity index (χ2v) is 7.22. The van der Waals surface area contributed by atoms with Crippen molar-refractivity contribution in [3.05, 3.63) is 46.7 Å². The molecular weight excluding hydrogens is 356 g/mol. The van der Waals surface area contributed by atoms with Crippen LogP contribution in [-0.4, -0.2) is 45.8 Å². The van der Waals surface area contributed by atoms with Crippen LogP contribution in [0.2, 0.25) is 0 Å². The molecule has 0 radical (unpaired) electrons. The zero-order valence-electron chi connectivity index (χ0n) is 12.8. The van der Waals surface area contributed by atoms with Crippen LogP contribution in [-0.2, 0) is 0 Å². The topological polar surface area (TPSA) is 50.2 Å². The average molecular weight is 375 g/mol. The van der Waals surface area contributed by atoms with Crippen LogP contribution in [0, 0.1) is 0 Å². The molecule has 4 rings (SSSR count). The number of hydrogen-bond donors (Lipinski definition) is 1. The van der Waals surface area contributed by atoms with Gasteiger partial charge in [0.05, 0.1) is 5.69 Å². The molecule has 2 aliphatic rings. The molecule has 1 N–H and O–H groups in total. The Hall–Kier alpha value is -1.66. The molecule has 1 amide bonds. The Bertz CT molecular complexity index is 729. The SMILES string of the molecule is O=C(c1ccn(-c2cccc(Br)c2)n1)N1CCC2CCC(C1)N2. The van der Waals surface area contributed by atoms with Crippen molar-refractivity contribution in [1.29, 1.82) is 0 Å². The van der Waals surface area contributed by atoms with Crippen molar-refractivity contribution in [3.8, 4) is 5.69 Å². The van der Waals surface area contributed by atoms with Gasteiger partial charge in [0, 0.05) is 35.8 Å². The number of amides is 1. The predicted octanol–water partition coefficient (Wildman–Crippen LogP) is 2.60. The van der Waals surface area contributed by atoms with Gasteiger partial charge >= 0.3 is 0 Å². The molecule has 0 spiro atoms. The van der Waals surface area contributed by atoms with E-state index in [0.29, 0.717) is 17.8 Å². The third kappa shape index (κ3) is 3.05. The Labute approximate surface area is 143 Å². The molecule has 23 heavy (non-hydrogen) atoms. The fourth-order valence-electron chi connectivity index (χ4n) is 3.49. The quantitative estimate of drug-likeness (QED) is 0.878. The fraction of sp³-hybridized carbons (Fsp3) is 0.412. The van der Waals surface area contributed by atoms with Gasteiger partial charge in [0.25, 0.3) is 5.91 Å². The molecule has 3 heterocycles. The molecule has 2 aliphatic heterocycles. The number of halogens is 1. The summed E-state index contributed by atoms with van der Waals surface area (Å²) in [5.41, 5.74) is 1.46. The van der Waals surface area contributed by atoms with Crippen molar-refractivity contribution < 1.29 is 4.79 Å². The van der Waals surface area contributed by atoms with Gasteiger partial charge in [-0.15, -0.1) is 0 Å². The lowest BCUT2D eigenvalue weighted by Gasteiger charge is -2.23. The second-order valence-electron chi connectivity index (χ2n) is 6.30. The average Bonchev–Trinajstić information content (AvgIpc) is 3.13. The molecule has 1 aromatic carbocycles. The normalized spacial score (nSPS) is 23.8. The zero-order chi connectivity index (χ0) is 15.8. The Morgan fingerprint density at radius 2 is 2.09 bits per heavy atom. The van der Waals surface area contributed by atoms with Gasteiger partial charge in [-0.3, -0.25) is 4.79 Å². The summed E-state index contributed by atoms with van der Waals surface area (Å²) in [6.45, 7) is 1.61. The summed E-state index contributed by atoms with van der Waals surface area (Å²) in [6, 6.07) is 10.7. The van der Waals surface area contributed by atoms with Gasteiger partial charge < -0.3 is 10.2 Å². The number of benzene rings is 1. The standard InChI is InChI=1S/C17H19BrN4O/c18-12-2-1-3-15(10-12)22-9-7-16(20-22)17(23)21-8-6-13-4-5-14(11-21)19-13/h1-3,7,9-10,13-14,19H,4-6,8,11H2. The number of nitrogens with zero attached hydrogens (tertiary/aromatic N) is 3. The summed E-state index contributed by atoms with van der Waals surface area (Å²) >= 11 is 3.46. The van der Waals surface area contributed by atoms with E-state index in [9.17, 15) is 4.79 Å². The van der Waals surface area contributed by atoms with Crippen molar-refractivity contribution >= 4 is 21.8 Å². The minimum absolute atomic E-state index is 0.0353. The molecule has 2 bridgehead atoms. The van der Waals surface area contributed by atoms with Crippen LogP contribution in [0.5, 0.6) is 0 Å². The summed E-state index contributed by atoms with van der Waals surface area (Å²) in [5.74, 6) is 0.0353. The third-order valence-electron chi connectivity index (χ3n) is 4.69. The molecule has 2 fully saturated rings. The maximum absolute atomic E-state index is 12.8. The van der Waals surface area contributed by atoms with Gasteiger partial charge in [-0.25, -0.2) is 4.68 Å². The van der Waals surface area contributed by atoms with Crippen molar-refractivity contribution in [1.82, 2.24) is 20.0 Å². The van der Waals surface area contributed by atoms with Gasteiger partial charge in [0.15, 0.2) is 5.69 Å². The van der Waals surface area contributed by atoms with Crippen LogP contribution in [0.25, 0.3) is 5.69 Å². The van der Waals surface area contributed by atoms with Gasteiger partial charge in [0.1, 0.15) is 0 Å². The summed E-state index contributed by atoms with van der Waals surface area (Å²) in [6.07, 6.45) is 5.29. The predicted molar refractivity (Wildman–Crippen MR) is 91.7 cm³/mol. The van der Waals surface area contributed by atoms with E-state index in [2.05, 4.69) is 26.3 Å². The highest BCUT2D eigenvalue weighted by Gasteiger charge is 2.32. The Kier molecular flexibility index (Phi) is 3.95. The first-order valence-corrected chi connectivity index (χ1v) is 8.85. The highest BCUT2D eigenvalue weighted by Crippen LogP contribution is 2.21. The molecule has 6 heteroatoms. The smallest absolute Gasteiger partial charge is 0.274 e. The first kappa shape index (κ1) is 14.9. The fourth-order valence-corrected chi connectivity index (χ4v) is 3.88. The summed E-state index contributed by atoms with van der Waals surface area (Å²) in [4.78, 5) is 14.7. The second kappa shape index (κ2) is 6.09. The number of aromatic nitrogens is 2. The van der Waals surface area contributed by atoms with Crippen LogP contribution < -0.4 is 5.32 Å². The highest BCUT2D eigenvalue weighted by molar-refractivity contribution is 9.10. The summed E-state index contributed by atoms with van der Waals surface area (Å²) < 4.78 is 2.74. The van der Waals surface area contributed by atoms with Crippen molar-refractivity contribution in [2.45, 2.75) is 31.3 Å². The van der Waals surface area contributed by atoms with Gasteiger partial charge in [0.2, 0.25) is 0 Å². The van der Waals surface area contributed by atoms with E-state index in [1.165, 1.54) is 12.8 Å². The van der Waals surface area contributed by atoms with Crippen molar-refractivity contribution in [3.63, 3.8) is 0 Å². The lowest BCUT2D eigenvalue weighted by Crippen LogP contribution is -2.39. The van der Waals surface area contributed by atoms with E-state index in [4.69, 9.17) is 0 Å². The van der Waals surface area contributed by atoms with E-state index in [1.807, 2.05) is 35.4 Å². The molecule has 1 aromatic heterocycles. The van der Waals surface area contributed by atoms with Crippen LogP contribution in [0.1, 0.15) is 29.8 Å². The summed E-state index contributed by atoms with van der Waals surface area (Å²) in [5, 5.41) is 8.08. The molecule has 0 saturated carbocycles. The van der Waals surface area contributed by atoms with Gasteiger partial charge in [-0.05, 0) is 43.5 Å². The number of carbonyl (C=O) groups is 1. The van der Waals surface area contributed by atoms with Crippen LogP contribution in [0.15, 0.2) is 41.0 Å². The number of hydrogen-bond acceptors (Lipinski definition) is 3. The maximum Gasteiger partial charge on any atom is 0.274 e. The molecule has 2 atom stereocenters. The van der Waals surface area contributed by atoms with E-state index in [1.54, 1.807) is 10.7 Å². The minimum atomic E-state index is 0.0353. The van der Waals surface area contributed by atoms with Crippen LogP contribution in [0.3, 0.4) is 0 Å². The number of fused-ring (bicyclic) bond motifs is 2. The number of carbonyl (C=O) groups excluding carboxylic acids is 1. The monoisotopic (exact) mass is 374 g/mol. The first-order chi connectivity index (χ1) is 11.2. The molecule has 2 saturated heterocycles. The number of rotatable bonds is 2. The molecule has 120 valence electrons. The molecule has 0 aliphatic carbocycles. The van der Waals surface area contributed by atoms with Gasteiger partial charge in [-0.1, -0.05) is 22.0 Å². The third-order valence-corrected chi connectivity index (χ3v) is 5.18.